The average Bonchev–Trinajstić information content (AvgIpc) is 2.26. The topological polar surface area (TPSA) is 52.3 Å². The summed E-state index contributed by atoms with van der Waals surface area (Å²) < 4.78 is 17.7. The first kappa shape index (κ1) is 11.7. The summed E-state index contributed by atoms with van der Waals surface area (Å²) in [6.45, 7) is 1.71. The lowest BCUT2D eigenvalue weighted by Crippen LogP contribution is -2.41. The Balaban J connectivity index is 3.16. The smallest absolute Gasteiger partial charge is 0.317 e. The molecule has 4 heteroatoms. The molecule has 2 N–H and O–H groups in total. The highest BCUT2D eigenvalue weighted by molar-refractivity contribution is 5.83. The van der Waals surface area contributed by atoms with Gasteiger partial charge in [-0.15, -0.1) is 0 Å². The second kappa shape index (κ2) is 4.40. The van der Waals surface area contributed by atoms with Crippen molar-refractivity contribution in [1.82, 2.24) is 0 Å². The summed E-state index contributed by atoms with van der Waals surface area (Å²) in [5.41, 5.74) is 5.08. The monoisotopic (exact) mass is 211 g/mol. The number of benzene rings is 1. The van der Waals surface area contributed by atoms with Crippen molar-refractivity contribution in [2.75, 3.05) is 13.7 Å². The van der Waals surface area contributed by atoms with Gasteiger partial charge in [-0.1, -0.05) is 12.1 Å². The van der Waals surface area contributed by atoms with E-state index in [2.05, 4.69) is 4.74 Å². The van der Waals surface area contributed by atoms with E-state index in [9.17, 15) is 9.18 Å². The highest BCUT2D eigenvalue weighted by Crippen LogP contribution is 2.24. The lowest BCUT2D eigenvalue weighted by atomic mass is 9.82. The number of carbonyl (C=O) groups excluding carboxylic acids is 1. The van der Waals surface area contributed by atoms with Gasteiger partial charge >= 0.3 is 5.97 Å². The van der Waals surface area contributed by atoms with Crippen molar-refractivity contribution in [3.05, 3.63) is 35.6 Å². The zero-order valence-corrected chi connectivity index (χ0v) is 8.79. The molecular weight excluding hydrogens is 197 g/mol. The van der Waals surface area contributed by atoms with Crippen LogP contribution >= 0.6 is 0 Å². The van der Waals surface area contributed by atoms with Crippen molar-refractivity contribution in [1.29, 1.82) is 0 Å². The van der Waals surface area contributed by atoms with E-state index in [4.69, 9.17) is 5.73 Å². The third kappa shape index (κ3) is 2.15. The van der Waals surface area contributed by atoms with Crippen LogP contribution in [0.25, 0.3) is 0 Å². The highest BCUT2D eigenvalue weighted by Gasteiger charge is 2.35. The molecule has 1 rings (SSSR count). The zero-order chi connectivity index (χ0) is 11.5. The van der Waals surface area contributed by atoms with Gasteiger partial charge in [-0.2, -0.15) is 0 Å². The van der Waals surface area contributed by atoms with Gasteiger partial charge in [0.1, 0.15) is 11.2 Å². The van der Waals surface area contributed by atoms with Gasteiger partial charge in [0.25, 0.3) is 0 Å². The van der Waals surface area contributed by atoms with E-state index in [0.717, 1.165) is 0 Å². The van der Waals surface area contributed by atoms with Crippen LogP contribution in [0, 0.1) is 5.82 Å². The fourth-order valence-electron chi connectivity index (χ4n) is 1.38. The summed E-state index contributed by atoms with van der Waals surface area (Å²) in [6.07, 6.45) is 0. The van der Waals surface area contributed by atoms with Gasteiger partial charge in [-0.3, -0.25) is 4.79 Å². The maximum atomic E-state index is 13.0. The Kier molecular flexibility index (Phi) is 3.42. The molecule has 0 saturated heterocycles. The molecule has 0 spiro atoms. The minimum Gasteiger partial charge on any atom is -0.468 e. The molecule has 0 aliphatic heterocycles. The molecule has 82 valence electrons. The first-order valence-electron chi connectivity index (χ1n) is 4.59. The minimum absolute atomic E-state index is 0.0725. The van der Waals surface area contributed by atoms with Crippen molar-refractivity contribution in [2.45, 2.75) is 12.3 Å². The molecule has 1 unspecified atom stereocenters. The number of nitrogens with two attached hydrogens (primary N) is 1. The van der Waals surface area contributed by atoms with Crippen LogP contribution in [0.1, 0.15) is 12.5 Å². The molecule has 0 aliphatic rings. The number of halogens is 1. The number of hydrogen-bond donors (Lipinski definition) is 1. The van der Waals surface area contributed by atoms with Gasteiger partial charge in [0.15, 0.2) is 0 Å². The van der Waals surface area contributed by atoms with E-state index in [1.165, 1.54) is 19.2 Å². The number of methoxy groups -OCH3 is 1. The van der Waals surface area contributed by atoms with Crippen molar-refractivity contribution in [3.8, 4) is 0 Å². The van der Waals surface area contributed by atoms with Gasteiger partial charge in [-0.05, 0) is 24.6 Å². The second-order valence-electron chi connectivity index (χ2n) is 3.54. The van der Waals surface area contributed by atoms with Gasteiger partial charge < -0.3 is 10.5 Å². The quantitative estimate of drug-likeness (QED) is 0.765. The first-order chi connectivity index (χ1) is 7.04. The van der Waals surface area contributed by atoms with Crippen molar-refractivity contribution in [2.24, 2.45) is 5.73 Å². The van der Waals surface area contributed by atoms with Crippen LogP contribution in [0.15, 0.2) is 24.3 Å². The number of hydrogen-bond acceptors (Lipinski definition) is 3. The number of carbonyl (C=O) groups is 1. The second-order valence-corrected chi connectivity index (χ2v) is 3.54. The maximum absolute atomic E-state index is 13.0. The van der Waals surface area contributed by atoms with Crippen LogP contribution in [-0.2, 0) is 14.9 Å². The van der Waals surface area contributed by atoms with E-state index in [1.54, 1.807) is 19.1 Å². The number of ether oxygens (including phenoxy) is 1. The molecule has 0 aliphatic carbocycles. The minimum atomic E-state index is -0.989. The van der Waals surface area contributed by atoms with E-state index in [1.807, 2.05) is 0 Å². The fourth-order valence-corrected chi connectivity index (χ4v) is 1.38. The van der Waals surface area contributed by atoms with Gasteiger partial charge in [0.05, 0.1) is 7.11 Å². The molecule has 0 saturated carbocycles. The molecule has 1 aromatic rings. The number of esters is 1. The summed E-state index contributed by atoms with van der Waals surface area (Å²) in [6, 6.07) is 5.82. The average molecular weight is 211 g/mol. The Bertz CT molecular complexity index is 367. The summed E-state index contributed by atoms with van der Waals surface area (Å²) in [7, 11) is 1.29. The molecule has 0 radical (unpaired) electrons. The Morgan fingerprint density at radius 3 is 2.73 bits per heavy atom. The van der Waals surface area contributed by atoms with E-state index >= 15 is 0 Å². The van der Waals surface area contributed by atoms with Gasteiger partial charge in [-0.25, -0.2) is 4.39 Å². The number of rotatable bonds is 3. The zero-order valence-electron chi connectivity index (χ0n) is 8.79. The van der Waals surface area contributed by atoms with Crippen LogP contribution in [0.4, 0.5) is 4.39 Å². The first-order valence-corrected chi connectivity index (χ1v) is 4.59. The van der Waals surface area contributed by atoms with Crippen LogP contribution in [0.2, 0.25) is 0 Å². The maximum Gasteiger partial charge on any atom is 0.317 e. The lowest BCUT2D eigenvalue weighted by Gasteiger charge is -2.25. The van der Waals surface area contributed by atoms with Gasteiger partial charge in [0, 0.05) is 6.54 Å². The molecule has 15 heavy (non-hydrogen) atoms. The molecule has 1 atom stereocenters. The van der Waals surface area contributed by atoms with E-state index in [-0.39, 0.29) is 6.54 Å². The summed E-state index contributed by atoms with van der Waals surface area (Å²) in [5, 5.41) is 0. The third-order valence-corrected chi connectivity index (χ3v) is 2.51. The summed E-state index contributed by atoms with van der Waals surface area (Å²) >= 11 is 0. The van der Waals surface area contributed by atoms with Crippen LogP contribution in [0.3, 0.4) is 0 Å². The van der Waals surface area contributed by atoms with Crippen LogP contribution in [0.5, 0.6) is 0 Å². The van der Waals surface area contributed by atoms with Crippen molar-refractivity contribution >= 4 is 5.97 Å². The third-order valence-electron chi connectivity index (χ3n) is 2.51. The summed E-state index contributed by atoms with van der Waals surface area (Å²) in [4.78, 5) is 11.6. The lowest BCUT2D eigenvalue weighted by molar-refractivity contribution is -0.146. The molecular formula is C11H14FNO2. The van der Waals surface area contributed by atoms with E-state index < -0.39 is 17.2 Å². The highest BCUT2D eigenvalue weighted by atomic mass is 19.1. The molecule has 0 fully saturated rings. The normalized spacial score (nSPS) is 14.4. The predicted molar refractivity (Wildman–Crippen MR) is 54.8 cm³/mol. The predicted octanol–water partition coefficient (Wildman–Crippen LogP) is 1.22. The molecule has 1 aromatic carbocycles. The Labute approximate surface area is 88.0 Å². The van der Waals surface area contributed by atoms with Gasteiger partial charge in [0.2, 0.25) is 0 Å². The SMILES string of the molecule is COC(=O)C(C)(CN)c1cccc(F)c1. The van der Waals surface area contributed by atoms with Crippen LogP contribution in [-0.4, -0.2) is 19.6 Å². The Morgan fingerprint density at radius 1 is 1.60 bits per heavy atom. The molecule has 0 bridgehead atoms. The van der Waals surface area contributed by atoms with Crippen molar-refractivity contribution in [3.63, 3.8) is 0 Å². The molecule has 3 nitrogen and oxygen atoms in total. The fraction of sp³-hybridized carbons (Fsp3) is 0.364. The Hall–Kier alpha value is -1.42. The summed E-state index contributed by atoms with van der Waals surface area (Å²) in [5.74, 6) is -0.855. The molecule has 0 aromatic heterocycles. The Morgan fingerprint density at radius 2 is 2.27 bits per heavy atom. The molecule has 0 heterocycles. The molecule has 0 amide bonds. The standard InChI is InChI=1S/C11H14FNO2/c1-11(7-13,10(14)15-2)8-4-3-5-9(12)6-8/h3-6H,7,13H2,1-2H3. The van der Waals surface area contributed by atoms with Crippen LogP contribution < -0.4 is 5.73 Å². The van der Waals surface area contributed by atoms with Crippen molar-refractivity contribution < 1.29 is 13.9 Å². The van der Waals surface area contributed by atoms with E-state index in [0.29, 0.717) is 5.56 Å². The largest absolute Gasteiger partial charge is 0.468 e.